The van der Waals surface area contributed by atoms with E-state index in [4.69, 9.17) is 4.42 Å². The Labute approximate surface area is 115 Å². The van der Waals surface area contributed by atoms with Crippen LogP contribution in [0.5, 0.6) is 0 Å². The highest BCUT2D eigenvalue weighted by atomic mass is 32.2. The van der Waals surface area contributed by atoms with Crippen molar-refractivity contribution in [2.75, 3.05) is 11.9 Å². The van der Waals surface area contributed by atoms with Crippen molar-refractivity contribution in [1.82, 2.24) is 15.0 Å². The van der Waals surface area contributed by atoms with Gasteiger partial charge < -0.3 is 9.73 Å². The van der Waals surface area contributed by atoms with E-state index in [1.54, 1.807) is 0 Å². The number of oxazole rings is 1. The summed E-state index contributed by atoms with van der Waals surface area (Å²) in [7, 11) is 0. The molecule has 5 nitrogen and oxygen atoms in total. The number of hydrogen-bond donors (Lipinski definition) is 1. The summed E-state index contributed by atoms with van der Waals surface area (Å²) < 4.78 is 19.0. The Morgan fingerprint density at radius 2 is 2.16 bits per heavy atom. The molecule has 0 aliphatic rings. The minimum Gasteiger partial charge on any atom is -0.436 e. The van der Waals surface area contributed by atoms with Crippen LogP contribution in [0.15, 0.2) is 20.9 Å². The predicted octanol–water partition coefficient (Wildman–Crippen LogP) is 3.19. The van der Waals surface area contributed by atoms with Crippen LogP contribution in [0.2, 0.25) is 0 Å². The molecule has 19 heavy (non-hydrogen) atoms. The molecule has 0 fully saturated rings. The van der Waals surface area contributed by atoms with Crippen molar-refractivity contribution < 1.29 is 8.81 Å². The molecule has 0 aliphatic heterocycles. The lowest BCUT2D eigenvalue weighted by molar-refractivity contribution is 0.430. The highest BCUT2D eigenvalue weighted by molar-refractivity contribution is 7.99. The van der Waals surface area contributed by atoms with Gasteiger partial charge in [-0.15, -0.1) is 0 Å². The summed E-state index contributed by atoms with van der Waals surface area (Å²) in [6.45, 7) is 6.43. The lowest BCUT2D eigenvalue weighted by Gasteiger charge is -2.04. The van der Waals surface area contributed by atoms with Gasteiger partial charge >= 0.3 is 0 Å². The van der Waals surface area contributed by atoms with E-state index < -0.39 is 5.82 Å². The summed E-state index contributed by atoms with van der Waals surface area (Å²) in [6.07, 6.45) is 2.09. The van der Waals surface area contributed by atoms with E-state index >= 15 is 0 Å². The Hall–Kier alpha value is -1.63. The molecule has 0 spiro atoms. The summed E-state index contributed by atoms with van der Waals surface area (Å²) in [4.78, 5) is 12.2. The smallest absolute Gasteiger partial charge is 0.262 e. The SMILES string of the molecule is CCCNc1ncc(F)c(Sc2nc(C)c(C)o2)n1. The molecule has 1 N–H and O–H groups in total. The van der Waals surface area contributed by atoms with Gasteiger partial charge in [0.1, 0.15) is 10.8 Å². The van der Waals surface area contributed by atoms with Crippen molar-refractivity contribution in [1.29, 1.82) is 0 Å². The quantitative estimate of drug-likeness (QED) is 0.850. The summed E-state index contributed by atoms with van der Waals surface area (Å²) in [5.74, 6) is 0.646. The zero-order chi connectivity index (χ0) is 13.8. The fraction of sp³-hybridized carbons (Fsp3) is 0.417. The number of nitrogens with zero attached hydrogens (tertiary/aromatic N) is 3. The third-order valence-electron chi connectivity index (χ3n) is 2.44. The molecule has 2 aromatic heterocycles. The molecule has 0 aromatic carbocycles. The summed E-state index contributed by atoms with van der Waals surface area (Å²) in [5, 5.41) is 3.60. The lowest BCUT2D eigenvalue weighted by atomic mass is 10.4. The Morgan fingerprint density at radius 3 is 2.79 bits per heavy atom. The maximum Gasteiger partial charge on any atom is 0.262 e. The monoisotopic (exact) mass is 282 g/mol. The van der Waals surface area contributed by atoms with Crippen LogP contribution >= 0.6 is 11.8 Å². The van der Waals surface area contributed by atoms with E-state index in [-0.39, 0.29) is 5.03 Å². The zero-order valence-electron chi connectivity index (χ0n) is 11.0. The first kappa shape index (κ1) is 13.8. The Morgan fingerprint density at radius 1 is 1.37 bits per heavy atom. The molecular formula is C12H15FN4OS. The average molecular weight is 282 g/mol. The average Bonchev–Trinajstić information content (AvgIpc) is 2.69. The Kier molecular flexibility index (Phi) is 4.36. The van der Waals surface area contributed by atoms with Gasteiger partial charge in [0, 0.05) is 6.54 Å². The van der Waals surface area contributed by atoms with Gasteiger partial charge in [-0.2, -0.15) is 0 Å². The van der Waals surface area contributed by atoms with Gasteiger partial charge in [-0.1, -0.05) is 6.92 Å². The van der Waals surface area contributed by atoms with Crippen LogP contribution in [0.4, 0.5) is 10.3 Å². The predicted molar refractivity (Wildman–Crippen MR) is 70.9 cm³/mol. The van der Waals surface area contributed by atoms with Crippen molar-refractivity contribution in [2.24, 2.45) is 0 Å². The fourth-order valence-corrected chi connectivity index (χ4v) is 2.11. The van der Waals surface area contributed by atoms with Gasteiger partial charge in [0.15, 0.2) is 5.82 Å². The molecule has 2 heterocycles. The van der Waals surface area contributed by atoms with E-state index in [1.165, 1.54) is 0 Å². The van der Waals surface area contributed by atoms with Crippen LogP contribution in [-0.4, -0.2) is 21.5 Å². The molecular weight excluding hydrogens is 267 g/mol. The van der Waals surface area contributed by atoms with Crippen LogP contribution in [-0.2, 0) is 0 Å². The number of nitrogens with one attached hydrogen (secondary N) is 1. The third kappa shape index (κ3) is 3.44. The number of anilines is 1. The summed E-state index contributed by atoms with van der Waals surface area (Å²) in [5.41, 5.74) is 0.793. The molecule has 0 bridgehead atoms. The highest BCUT2D eigenvalue weighted by Crippen LogP contribution is 2.29. The van der Waals surface area contributed by atoms with Crippen LogP contribution in [0, 0.1) is 19.7 Å². The van der Waals surface area contributed by atoms with Crippen molar-refractivity contribution in [3.05, 3.63) is 23.5 Å². The summed E-state index contributed by atoms with van der Waals surface area (Å²) >= 11 is 1.05. The Balaban J connectivity index is 2.18. The molecule has 7 heteroatoms. The van der Waals surface area contributed by atoms with Gasteiger partial charge in [0.25, 0.3) is 5.22 Å². The molecule has 2 rings (SSSR count). The molecule has 0 amide bonds. The standard InChI is InChI=1S/C12H15FN4OS/c1-4-5-14-11-15-6-9(13)10(17-11)19-12-16-7(2)8(3)18-12/h6H,4-5H2,1-3H3,(H,14,15,17). The molecule has 0 saturated carbocycles. The van der Waals surface area contributed by atoms with E-state index in [0.717, 1.165) is 42.4 Å². The van der Waals surface area contributed by atoms with Crippen LogP contribution < -0.4 is 5.32 Å². The lowest BCUT2D eigenvalue weighted by Crippen LogP contribution is -2.05. The molecule has 0 unspecified atom stereocenters. The van der Waals surface area contributed by atoms with Crippen molar-refractivity contribution >= 4 is 17.7 Å². The van der Waals surface area contributed by atoms with E-state index in [1.807, 2.05) is 20.8 Å². The van der Waals surface area contributed by atoms with Gasteiger partial charge in [-0.25, -0.2) is 19.3 Å². The van der Waals surface area contributed by atoms with Crippen molar-refractivity contribution in [2.45, 2.75) is 37.4 Å². The largest absolute Gasteiger partial charge is 0.436 e. The molecule has 2 aromatic rings. The maximum absolute atomic E-state index is 13.6. The van der Waals surface area contributed by atoms with E-state index in [9.17, 15) is 4.39 Å². The Bertz CT molecular complexity index is 553. The number of aromatic nitrogens is 3. The number of rotatable bonds is 5. The second kappa shape index (κ2) is 6.01. The topological polar surface area (TPSA) is 63.8 Å². The fourth-order valence-electron chi connectivity index (χ4n) is 1.31. The molecule has 0 atom stereocenters. The zero-order valence-corrected chi connectivity index (χ0v) is 11.8. The third-order valence-corrected chi connectivity index (χ3v) is 3.27. The molecule has 0 radical (unpaired) electrons. The van der Waals surface area contributed by atoms with Gasteiger partial charge in [0.2, 0.25) is 5.95 Å². The second-order valence-corrected chi connectivity index (χ2v) is 4.94. The van der Waals surface area contributed by atoms with Crippen LogP contribution in [0.25, 0.3) is 0 Å². The maximum atomic E-state index is 13.6. The van der Waals surface area contributed by atoms with Crippen LogP contribution in [0.3, 0.4) is 0 Å². The van der Waals surface area contributed by atoms with Gasteiger partial charge in [0.05, 0.1) is 11.9 Å². The van der Waals surface area contributed by atoms with Gasteiger partial charge in [-0.05, 0) is 32.0 Å². The first-order chi connectivity index (χ1) is 9.10. The number of hydrogen-bond acceptors (Lipinski definition) is 6. The number of halogens is 1. The van der Waals surface area contributed by atoms with E-state index in [2.05, 4.69) is 20.3 Å². The second-order valence-electron chi connectivity index (χ2n) is 4.00. The molecule has 102 valence electrons. The first-order valence-corrected chi connectivity index (χ1v) is 6.80. The number of aryl methyl sites for hydroxylation is 2. The first-order valence-electron chi connectivity index (χ1n) is 5.98. The molecule has 0 aliphatic carbocycles. The van der Waals surface area contributed by atoms with Crippen molar-refractivity contribution in [3.63, 3.8) is 0 Å². The van der Waals surface area contributed by atoms with Crippen molar-refractivity contribution in [3.8, 4) is 0 Å². The normalized spacial score (nSPS) is 10.7. The minimum absolute atomic E-state index is 0.204. The minimum atomic E-state index is -0.486. The molecule has 0 saturated heterocycles. The van der Waals surface area contributed by atoms with E-state index in [0.29, 0.717) is 11.2 Å². The highest BCUT2D eigenvalue weighted by Gasteiger charge is 2.13. The van der Waals surface area contributed by atoms with Gasteiger partial charge in [-0.3, -0.25) is 0 Å². The van der Waals surface area contributed by atoms with Crippen LogP contribution in [0.1, 0.15) is 24.8 Å². The summed E-state index contributed by atoms with van der Waals surface area (Å²) in [6, 6.07) is 0.